The summed E-state index contributed by atoms with van der Waals surface area (Å²) in [5, 5.41) is 0. The molecule has 2 rings (SSSR count). The van der Waals surface area contributed by atoms with Crippen LogP contribution in [-0.2, 0) is 14.3 Å². The van der Waals surface area contributed by atoms with Crippen LogP contribution in [0.1, 0.15) is 71.6 Å². The van der Waals surface area contributed by atoms with Gasteiger partial charge in [-0.1, -0.05) is 32.8 Å². The summed E-state index contributed by atoms with van der Waals surface area (Å²) < 4.78 is 12.0. The topological polar surface area (TPSA) is 35.5 Å². The van der Waals surface area contributed by atoms with Crippen LogP contribution in [0.4, 0.5) is 0 Å². The van der Waals surface area contributed by atoms with Gasteiger partial charge in [0.05, 0.1) is 12.5 Å². The molecule has 0 aromatic heterocycles. The Balaban J connectivity index is 2.08. The van der Waals surface area contributed by atoms with Crippen molar-refractivity contribution in [2.45, 2.75) is 77.4 Å². The monoisotopic (exact) mass is 294 g/mol. The number of carbonyl (C=O) groups is 1. The minimum absolute atomic E-state index is 0.0190. The Hall–Kier alpha value is -0.830. The molecule has 2 aliphatic rings. The van der Waals surface area contributed by atoms with E-state index < -0.39 is 5.79 Å². The number of carbonyl (C=O) groups excluding carboxylic acids is 1. The molecule has 0 aromatic rings. The van der Waals surface area contributed by atoms with Crippen molar-refractivity contribution < 1.29 is 14.3 Å². The van der Waals surface area contributed by atoms with Gasteiger partial charge in [-0.15, -0.1) is 6.58 Å². The highest BCUT2D eigenvalue weighted by Gasteiger charge is 2.61. The summed E-state index contributed by atoms with van der Waals surface area (Å²) in [6.45, 7) is 8.81. The Morgan fingerprint density at radius 1 is 1.38 bits per heavy atom. The molecule has 0 bridgehead atoms. The number of allylic oxidation sites excluding steroid dienone is 1. The fraction of sp³-hybridized carbons (Fsp3) is 0.833. The average Bonchev–Trinajstić information content (AvgIpc) is 2.94. The maximum Gasteiger partial charge on any atom is 0.311 e. The zero-order valence-corrected chi connectivity index (χ0v) is 13.7. The van der Waals surface area contributed by atoms with Crippen LogP contribution in [0.5, 0.6) is 0 Å². The first-order valence-corrected chi connectivity index (χ1v) is 8.61. The van der Waals surface area contributed by atoms with Crippen LogP contribution >= 0.6 is 0 Å². The van der Waals surface area contributed by atoms with Gasteiger partial charge in [0.25, 0.3) is 0 Å². The van der Waals surface area contributed by atoms with Crippen molar-refractivity contribution in [3.63, 3.8) is 0 Å². The SMILES string of the molecule is C=CCC12CCCC1(OC(=O)C(CC)CCCC)OCC2. The van der Waals surface area contributed by atoms with Crippen molar-refractivity contribution in [3.8, 4) is 0 Å². The number of ether oxygens (including phenoxy) is 2. The van der Waals surface area contributed by atoms with Gasteiger partial charge in [0.1, 0.15) is 0 Å². The van der Waals surface area contributed by atoms with Gasteiger partial charge in [0.15, 0.2) is 0 Å². The summed E-state index contributed by atoms with van der Waals surface area (Å²) in [6.07, 6.45) is 10.8. The number of esters is 1. The molecule has 0 spiro atoms. The van der Waals surface area contributed by atoms with E-state index in [1.807, 2.05) is 6.08 Å². The first-order chi connectivity index (χ1) is 10.1. The predicted octanol–water partition coefficient (Wildman–Crippen LogP) is 4.61. The van der Waals surface area contributed by atoms with E-state index in [2.05, 4.69) is 20.4 Å². The van der Waals surface area contributed by atoms with Gasteiger partial charge in [-0.2, -0.15) is 0 Å². The molecule has 0 amide bonds. The second kappa shape index (κ2) is 6.95. The molecule has 0 aromatic carbocycles. The van der Waals surface area contributed by atoms with E-state index in [0.717, 1.165) is 57.8 Å². The van der Waals surface area contributed by atoms with Crippen molar-refractivity contribution in [1.29, 1.82) is 0 Å². The number of rotatable bonds is 8. The van der Waals surface area contributed by atoms with Crippen LogP contribution in [0.15, 0.2) is 12.7 Å². The molecule has 1 aliphatic heterocycles. The highest BCUT2D eigenvalue weighted by Crippen LogP contribution is 2.58. The van der Waals surface area contributed by atoms with Crippen molar-refractivity contribution in [2.75, 3.05) is 6.61 Å². The van der Waals surface area contributed by atoms with Crippen molar-refractivity contribution >= 4 is 5.97 Å². The van der Waals surface area contributed by atoms with Gasteiger partial charge in [0, 0.05) is 11.8 Å². The Labute approximate surface area is 129 Å². The second-order valence-electron chi connectivity index (χ2n) is 6.65. The Bertz CT molecular complexity index is 365. The summed E-state index contributed by atoms with van der Waals surface area (Å²) in [7, 11) is 0. The van der Waals surface area contributed by atoms with Gasteiger partial charge >= 0.3 is 5.97 Å². The fourth-order valence-electron chi connectivity index (χ4n) is 4.08. The molecule has 2 fully saturated rings. The lowest BCUT2D eigenvalue weighted by molar-refractivity contribution is -0.243. The summed E-state index contributed by atoms with van der Waals surface area (Å²) in [5.74, 6) is -0.702. The van der Waals surface area contributed by atoms with Gasteiger partial charge in [-0.05, 0) is 38.5 Å². The highest BCUT2D eigenvalue weighted by molar-refractivity contribution is 5.73. The molecule has 1 aliphatic carbocycles. The lowest BCUT2D eigenvalue weighted by atomic mass is 9.77. The van der Waals surface area contributed by atoms with E-state index in [4.69, 9.17) is 9.47 Å². The molecule has 120 valence electrons. The third kappa shape index (κ3) is 3.03. The summed E-state index contributed by atoms with van der Waals surface area (Å²) in [4.78, 5) is 12.6. The molecule has 0 radical (unpaired) electrons. The van der Waals surface area contributed by atoms with Crippen molar-refractivity contribution in [3.05, 3.63) is 12.7 Å². The molecule has 21 heavy (non-hydrogen) atoms. The van der Waals surface area contributed by atoms with E-state index in [9.17, 15) is 4.79 Å². The number of unbranched alkanes of at least 4 members (excludes halogenated alkanes) is 1. The van der Waals surface area contributed by atoms with E-state index in [1.54, 1.807) is 0 Å². The predicted molar refractivity (Wildman–Crippen MR) is 83.8 cm³/mol. The third-order valence-electron chi connectivity index (χ3n) is 5.42. The third-order valence-corrected chi connectivity index (χ3v) is 5.42. The quantitative estimate of drug-likeness (QED) is 0.484. The number of hydrogen-bond acceptors (Lipinski definition) is 3. The molecule has 3 heteroatoms. The van der Waals surface area contributed by atoms with Gasteiger partial charge < -0.3 is 9.47 Å². The number of hydrogen-bond donors (Lipinski definition) is 0. The summed E-state index contributed by atoms with van der Waals surface area (Å²) >= 11 is 0. The van der Waals surface area contributed by atoms with Crippen LogP contribution < -0.4 is 0 Å². The van der Waals surface area contributed by atoms with Crippen LogP contribution in [-0.4, -0.2) is 18.4 Å². The zero-order chi connectivity index (χ0) is 15.3. The van der Waals surface area contributed by atoms with Crippen LogP contribution in [0, 0.1) is 11.3 Å². The lowest BCUT2D eigenvalue weighted by Gasteiger charge is -2.38. The highest BCUT2D eigenvalue weighted by atomic mass is 16.7. The first-order valence-electron chi connectivity index (χ1n) is 8.61. The van der Waals surface area contributed by atoms with Gasteiger partial charge in [-0.25, -0.2) is 0 Å². The Morgan fingerprint density at radius 2 is 2.19 bits per heavy atom. The van der Waals surface area contributed by atoms with E-state index in [0.29, 0.717) is 6.61 Å². The maximum absolute atomic E-state index is 12.6. The Morgan fingerprint density at radius 3 is 2.86 bits per heavy atom. The van der Waals surface area contributed by atoms with Crippen molar-refractivity contribution in [1.82, 2.24) is 0 Å². The molecule has 3 atom stereocenters. The molecule has 0 N–H and O–H groups in total. The lowest BCUT2D eigenvalue weighted by Crippen LogP contribution is -2.45. The standard InChI is InChI=1S/C18H30O3/c1-4-7-9-15(6-3)16(19)21-18-12-8-11-17(18,10-5-2)13-14-20-18/h5,15H,2,4,6-14H2,1,3H3. The van der Waals surface area contributed by atoms with E-state index in [-0.39, 0.29) is 17.3 Å². The number of fused-ring (bicyclic) bond motifs is 1. The molecular weight excluding hydrogens is 264 g/mol. The first kappa shape index (κ1) is 16.5. The summed E-state index contributed by atoms with van der Waals surface area (Å²) in [5.41, 5.74) is -0.0204. The molecular formula is C18H30O3. The molecule has 1 saturated heterocycles. The van der Waals surface area contributed by atoms with Gasteiger partial charge in [-0.3, -0.25) is 4.79 Å². The Kier molecular flexibility index (Phi) is 5.48. The fourth-order valence-corrected chi connectivity index (χ4v) is 4.08. The normalized spacial score (nSPS) is 32.7. The van der Waals surface area contributed by atoms with Crippen LogP contribution in [0.2, 0.25) is 0 Å². The second-order valence-corrected chi connectivity index (χ2v) is 6.65. The minimum atomic E-state index is -0.669. The van der Waals surface area contributed by atoms with E-state index >= 15 is 0 Å². The zero-order valence-electron chi connectivity index (χ0n) is 13.7. The molecule has 3 nitrogen and oxygen atoms in total. The van der Waals surface area contributed by atoms with Crippen LogP contribution in [0.3, 0.4) is 0 Å². The summed E-state index contributed by atoms with van der Waals surface area (Å²) in [6, 6.07) is 0. The van der Waals surface area contributed by atoms with Crippen molar-refractivity contribution in [2.24, 2.45) is 11.3 Å². The van der Waals surface area contributed by atoms with Gasteiger partial charge in [0.2, 0.25) is 5.79 Å². The smallest absolute Gasteiger partial charge is 0.311 e. The largest absolute Gasteiger partial charge is 0.432 e. The minimum Gasteiger partial charge on any atom is -0.432 e. The molecule has 1 heterocycles. The average molecular weight is 294 g/mol. The van der Waals surface area contributed by atoms with E-state index in [1.165, 1.54) is 0 Å². The molecule has 1 saturated carbocycles. The maximum atomic E-state index is 12.6. The molecule has 3 unspecified atom stereocenters. The van der Waals surface area contributed by atoms with Crippen LogP contribution in [0.25, 0.3) is 0 Å².